The summed E-state index contributed by atoms with van der Waals surface area (Å²) in [7, 11) is 0. The SMILES string of the molecule is CC(C)(C)OC(=O)C(N)CCF.Cl. The quantitative estimate of drug-likeness (QED) is 0.722. The lowest BCUT2D eigenvalue weighted by Crippen LogP contribution is -2.37. The van der Waals surface area contributed by atoms with E-state index in [1.165, 1.54) is 0 Å². The van der Waals surface area contributed by atoms with Crippen molar-refractivity contribution in [2.24, 2.45) is 5.73 Å². The summed E-state index contributed by atoms with van der Waals surface area (Å²) in [5.74, 6) is -0.542. The average molecular weight is 214 g/mol. The number of alkyl halides is 1. The molecule has 0 aliphatic rings. The van der Waals surface area contributed by atoms with Crippen LogP contribution in [0.2, 0.25) is 0 Å². The highest BCUT2D eigenvalue weighted by Gasteiger charge is 2.21. The number of halogens is 2. The molecular formula is C8H17ClFNO2. The van der Waals surface area contributed by atoms with Crippen LogP contribution in [0.5, 0.6) is 0 Å². The summed E-state index contributed by atoms with van der Waals surface area (Å²) in [4.78, 5) is 11.0. The molecule has 0 aromatic carbocycles. The van der Waals surface area contributed by atoms with Gasteiger partial charge in [0, 0.05) is 6.42 Å². The highest BCUT2D eigenvalue weighted by atomic mass is 35.5. The van der Waals surface area contributed by atoms with Gasteiger partial charge in [-0.15, -0.1) is 12.4 Å². The van der Waals surface area contributed by atoms with Crippen molar-refractivity contribution in [1.82, 2.24) is 0 Å². The third-order valence-corrected chi connectivity index (χ3v) is 1.13. The van der Waals surface area contributed by atoms with Crippen molar-refractivity contribution in [3.05, 3.63) is 0 Å². The lowest BCUT2D eigenvalue weighted by Gasteiger charge is -2.21. The predicted octanol–water partition coefficient (Wildman–Crippen LogP) is 1.44. The zero-order valence-electron chi connectivity index (χ0n) is 8.17. The molecule has 13 heavy (non-hydrogen) atoms. The van der Waals surface area contributed by atoms with Crippen molar-refractivity contribution in [3.8, 4) is 0 Å². The second-order valence-electron chi connectivity index (χ2n) is 3.62. The van der Waals surface area contributed by atoms with E-state index in [4.69, 9.17) is 10.5 Å². The van der Waals surface area contributed by atoms with Crippen LogP contribution in [0.3, 0.4) is 0 Å². The van der Waals surface area contributed by atoms with E-state index in [0.29, 0.717) is 0 Å². The van der Waals surface area contributed by atoms with Crippen LogP contribution in [0.4, 0.5) is 4.39 Å². The van der Waals surface area contributed by atoms with Crippen molar-refractivity contribution in [3.63, 3.8) is 0 Å². The zero-order valence-corrected chi connectivity index (χ0v) is 8.99. The minimum absolute atomic E-state index is 0. The molecular weight excluding hydrogens is 197 g/mol. The fraction of sp³-hybridized carbons (Fsp3) is 0.875. The average Bonchev–Trinajstić information content (AvgIpc) is 1.84. The Labute approximate surface area is 84.2 Å². The number of hydrogen-bond donors (Lipinski definition) is 1. The van der Waals surface area contributed by atoms with Gasteiger partial charge < -0.3 is 10.5 Å². The summed E-state index contributed by atoms with van der Waals surface area (Å²) in [6.07, 6.45) is 0.0227. The number of carbonyl (C=O) groups is 1. The molecule has 0 aliphatic carbocycles. The van der Waals surface area contributed by atoms with Crippen molar-refractivity contribution < 1.29 is 13.9 Å². The van der Waals surface area contributed by atoms with Gasteiger partial charge in [0.25, 0.3) is 0 Å². The molecule has 0 aromatic rings. The van der Waals surface area contributed by atoms with Gasteiger partial charge in [-0.3, -0.25) is 9.18 Å². The van der Waals surface area contributed by atoms with Gasteiger partial charge in [-0.1, -0.05) is 0 Å². The molecule has 0 heterocycles. The van der Waals surface area contributed by atoms with Gasteiger partial charge in [0.2, 0.25) is 0 Å². The summed E-state index contributed by atoms with van der Waals surface area (Å²) >= 11 is 0. The Morgan fingerprint density at radius 3 is 2.31 bits per heavy atom. The Bertz CT molecular complexity index is 159. The summed E-state index contributed by atoms with van der Waals surface area (Å²) < 4.78 is 16.7. The molecule has 0 fully saturated rings. The molecule has 1 unspecified atom stereocenters. The largest absolute Gasteiger partial charge is 0.459 e. The first-order valence-corrected chi connectivity index (χ1v) is 3.91. The normalized spacial score (nSPS) is 13.0. The molecule has 3 nitrogen and oxygen atoms in total. The van der Waals surface area contributed by atoms with Crippen LogP contribution in [-0.2, 0) is 9.53 Å². The second-order valence-corrected chi connectivity index (χ2v) is 3.62. The van der Waals surface area contributed by atoms with Crippen LogP contribution >= 0.6 is 12.4 Å². The molecule has 0 rings (SSSR count). The van der Waals surface area contributed by atoms with Gasteiger partial charge in [0.1, 0.15) is 11.6 Å². The third kappa shape index (κ3) is 7.99. The second kappa shape index (κ2) is 6.16. The molecule has 0 aliphatic heterocycles. The lowest BCUT2D eigenvalue weighted by atomic mass is 10.2. The topological polar surface area (TPSA) is 52.3 Å². The van der Waals surface area contributed by atoms with Gasteiger partial charge in [-0.05, 0) is 20.8 Å². The number of carbonyl (C=O) groups excluding carboxylic acids is 1. The Morgan fingerprint density at radius 1 is 1.54 bits per heavy atom. The van der Waals surface area contributed by atoms with E-state index in [0.717, 1.165) is 0 Å². The van der Waals surface area contributed by atoms with Crippen LogP contribution in [0.15, 0.2) is 0 Å². The van der Waals surface area contributed by atoms with E-state index in [9.17, 15) is 9.18 Å². The van der Waals surface area contributed by atoms with E-state index < -0.39 is 24.3 Å². The maximum Gasteiger partial charge on any atom is 0.323 e. The Balaban J connectivity index is 0. The summed E-state index contributed by atoms with van der Waals surface area (Å²) in [5.41, 5.74) is 4.77. The van der Waals surface area contributed by atoms with E-state index in [1.54, 1.807) is 20.8 Å². The Morgan fingerprint density at radius 2 is 2.00 bits per heavy atom. The standard InChI is InChI=1S/C8H16FNO2.ClH/c1-8(2,3)12-7(11)6(10)4-5-9;/h6H,4-5,10H2,1-3H3;1H. The van der Waals surface area contributed by atoms with E-state index in [2.05, 4.69) is 0 Å². The summed E-state index contributed by atoms with van der Waals surface area (Å²) in [6, 6.07) is -0.839. The Kier molecular flexibility index (Phi) is 7.17. The van der Waals surface area contributed by atoms with Crippen LogP contribution in [-0.4, -0.2) is 24.3 Å². The summed E-state index contributed by atoms with van der Waals surface area (Å²) in [6.45, 7) is 4.63. The molecule has 0 aromatic heterocycles. The highest BCUT2D eigenvalue weighted by molar-refractivity contribution is 5.85. The van der Waals surface area contributed by atoms with E-state index in [-0.39, 0.29) is 18.8 Å². The first-order valence-electron chi connectivity index (χ1n) is 3.91. The third-order valence-electron chi connectivity index (χ3n) is 1.13. The molecule has 80 valence electrons. The molecule has 2 N–H and O–H groups in total. The van der Waals surface area contributed by atoms with Crippen molar-refractivity contribution in [1.29, 1.82) is 0 Å². The first kappa shape index (κ1) is 15.1. The predicted molar refractivity (Wildman–Crippen MR) is 51.7 cm³/mol. The number of ether oxygens (including phenoxy) is 1. The van der Waals surface area contributed by atoms with E-state index in [1.807, 2.05) is 0 Å². The van der Waals surface area contributed by atoms with Gasteiger partial charge in [0.05, 0.1) is 6.67 Å². The molecule has 0 spiro atoms. The van der Waals surface area contributed by atoms with E-state index >= 15 is 0 Å². The smallest absolute Gasteiger partial charge is 0.323 e. The van der Waals surface area contributed by atoms with Crippen LogP contribution in [0.25, 0.3) is 0 Å². The molecule has 0 saturated heterocycles. The monoisotopic (exact) mass is 213 g/mol. The first-order chi connectivity index (χ1) is 5.37. The van der Waals surface area contributed by atoms with Gasteiger partial charge in [0.15, 0.2) is 0 Å². The number of nitrogens with two attached hydrogens (primary N) is 1. The van der Waals surface area contributed by atoms with Crippen LogP contribution in [0, 0.1) is 0 Å². The molecule has 0 amide bonds. The molecule has 0 radical (unpaired) electrons. The maximum absolute atomic E-state index is 11.7. The Hall–Kier alpha value is -0.350. The number of rotatable bonds is 3. The van der Waals surface area contributed by atoms with Gasteiger partial charge in [-0.2, -0.15) is 0 Å². The minimum atomic E-state index is -0.839. The number of hydrogen-bond acceptors (Lipinski definition) is 3. The summed E-state index contributed by atoms with van der Waals surface area (Å²) in [5, 5.41) is 0. The fourth-order valence-corrected chi connectivity index (χ4v) is 0.613. The highest BCUT2D eigenvalue weighted by Crippen LogP contribution is 2.08. The van der Waals surface area contributed by atoms with Crippen molar-refractivity contribution in [2.75, 3.05) is 6.67 Å². The minimum Gasteiger partial charge on any atom is -0.459 e. The van der Waals surface area contributed by atoms with Crippen molar-refractivity contribution in [2.45, 2.75) is 38.8 Å². The zero-order chi connectivity index (χ0) is 9.78. The number of esters is 1. The molecule has 1 atom stereocenters. The van der Waals surface area contributed by atoms with Crippen molar-refractivity contribution >= 4 is 18.4 Å². The fourth-order valence-electron chi connectivity index (χ4n) is 0.613. The van der Waals surface area contributed by atoms with Crippen LogP contribution < -0.4 is 5.73 Å². The molecule has 5 heteroatoms. The molecule has 0 bridgehead atoms. The lowest BCUT2D eigenvalue weighted by molar-refractivity contribution is -0.156. The maximum atomic E-state index is 11.7. The van der Waals surface area contributed by atoms with Crippen LogP contribution in [0.1, 0.15) is 27.2 Å². The molecule has 0 saturated carbocycles. The van der Waals surface area contributed by atoms with Gasteiger partial charge >= 0.3 is 5.97 Å². The van der Waals surface area contributed by atoms with Gasteiger partial charge in [-0.25, -0.2) is 0 Å².